The average Bonchev–Trinajstić information content (AvgIpc) is 2.75. The summed E-state index contributed by atoms with van der Waals surface area (Å²) in [6.07, 6.45) is 3.58. The average molecular weight is 230 g/mol. The number of H-pyrrole nitrogens is 1. The molecule has 0 aliphatic rings. The smallest absolute Gasteiger partial charge is 0.0939 e. The maximum Gasteiger partial charge on any atom is 0.0939 e. The Labute approximate surface area is 101 Å². The lowest BCUT2D eigenvalue weighted by Crippen LogP contribution is -2.35. The van der Waals surface area contributed by atoms with Gasteiger partial charge in [0, 0.05) is 35.7 Å². The maximum atomic E-state index is 4.28. The van der Waals surface area contributed by atoms with Gasteiger partial charge in [-0.3, -0.25) is 10.1 Å². The van der Waals surface area contributed by atoms with Crippen LogP contribution in [0.5, 0.6) is 0 Å². The Bertz CT molecular complexity index is 468. The molecule has 4 nitrogen and oxygen atoms in total. The minimum atomic E-state index is 0.111. The van der Waals surface area contributed by atoms with Crippen molar-refractivity contribution in [3.8, 4) is 11.3 Å². The molecule has 0 amide bonds. The lowest BCUT2D eigenvalue weighted by atomic mass is 10.1. The van der Waals surface area contributed by atoms with E-state index in [1.54, 1.807) is 6.20 Å². The third kappa shape index (κ3) is 3.39. The first kappa shape index (κ1) is 11.8. The quantitative estimate of drug-likeness (QED) is 0.851. The number of hydrogen-bond donors (Lipinski definition) is 2. The number of rotatable bonds is 3. The Morgan fingerprint density at radius 1 is 1.35 bits per heavy atom. The molecule has 0 fully saturated rings. The van der Waals surface area contributed by atoms with Gasteiger partial charge in [-0.25, -0.2) is 0 Å². The largest absolute Gasteiger partial charge is 0.306 e. The van der Waals surface area contributed by atoms with Crippen LogP contribution < -0.4 is 5.32 Å². The van der Waals surface area contributed by atoms with Gasteiger partial charge in [-0.15, -0.1) is 0 Å². The number of aromatic nitrogens is 3. The first-order valence-electron chi connectivity index (χ1n) is 5.74. The molecule has 0 aliphatic carbocycles. The van der Waals surface area contributed by atoms with E-state index in [1.807, 2.05) is 18.3 Å². The molecule has 2 aromatic heterocycles. The summed E-state index contributed by atoms with van der Waals surface area (Å²) in [4.78, 5) is 4.09. The van der Waals surface area contributed by atoms with E-state index in [4.69, 9.17) is 0 Å². The zero-order valence-electron chi connectivity index (χ0n) is 10.5. The standard InChI is InChI=1S/C13H18N4/c1-13(2,3)15-9-11-7-12(17-16-11)10-5-4-6-14-8-10/h4-8,15H,9H2,1-3H3,(H,16,17). The third-order valence-corrected chi connectivity index (χ3v) is 2.40. The van der Waals surface area contributed by atoms with E-state index in [0.29, 0.717) is 0 Å². The summed E-state index contributed by atoms with van der Waals surface area (Å²) in [6, 6.07) is 5.97. The van der Waals surface area contributed by atoms with E-state index in [9.17, 15) is 0 Å². The lowest BCUT2D eigenvalue weighted by Gasteiger charge is -2.19. The number of aromatic amines is 1. The summed E-state index contributed by atoms with van der Waals surface area (Å²) in [5.74, 6) is 0. The first-order valence-corrected chi connectivity index (χ1v) is 5.74. The topological polar surface area (TPSA) is 53.6 Å². The van der Waals surface area contributed by atoms with Crippen LogP contribution in [-0.2, 0) is 6.54 Å². The molecule has 0 bridgehead atoms. The molecule has 2 heterocycles. The molecule has 0 saturated carbocycles. The van der Waals surface area contributed by atoms with Crippen LogP contribution in [0.2, 0.25) is 0 Å². The van der Waals surface area contributed by atoms with Gasteiger partial charge in [0.05, 0.1) is 5.69 Å². The molecule has 0 aliphatic heterocycles. The van der Waals surface area contributed by atoms with Gasteiger partial charge < -0.3 is 5.32 Å². The van der Waals surface area contributed by atoms with Gasteiger partial charge in [-0.1, -0.05) is 0 Å². The second kappa shape index (κ2) is 4.67. The van der Waals surface area contributed by atoms with Crippen molar-refractivity contribution >= 4 is 0 Å². The van der Waals surface area contributed by atoms with Gasteiger partial charge in [0.15, 0.2) is 0 Å². The molecular weight excluding hydrogens is 212 g/mol. The molecule has 17 heavy (non-hydrogen) atoms. The molecule has 90 valence electrons. The molecule has 0 radical (unpaired) electrons. The van der Waals surface area contributed by atoms with Crippen LogP contribution in [0.3, 0.4) is 0 Å². The summed E-state index contributed by atoms with van der Waals surface area (Å²) in [5.41, 5.74) is 3.16. The van der Waals surface area contributed by atoms with E-state index in [-0.39, 0.29) is 5.54 Å². The maximum absolute atomic E-state index is 4.28. The van der Waals surface area contributed by atoms with Gasteiger partial charge >= 0.3 is 0 Å². The van der Waals surface area contributed by atoms with Crippen molar-refractivity contribution in [3.05, 3.63) is 36.3 Å². The fraction of sp³-hybridized carbons (Fsp3) is 0.385. The summed E-state index contributed by atoms with van der Waals surface area (Å²) in [5, 5.41) is 10.7. The van der Waals surface area contributed by atoms with Crippen LogP contribution in [0.4, 0.5) is 0 Å². The number of nitrogens with zero attached hydrogens (tertiary/aromatic N) is 2. The SMILES string of the molecule is CC(C)(C)NCc1cc(-c2cccnc2)n[nH]1. The Morgan fingerprint density at radius 3 is 2.82 bits per heavy atom. The number of nitrogens with one attached hydrogen (secondary N) is 2. The predicted octanol–water partition coefficient (Wildman–Crippen LogP) is 2.36. The van der Waals surface area contributed by atoms with Crippen molar-refractivity contribution in [2.45, 2.75) is 32.9 Å². The van der Waals surface area contributed by atoms with Crippen molar-refractivity contribution in [2.24, 2.45) is 0 Å². The first-order chi connectivity index (χ1) is 8.04. The molecule has 0 spiro atoms. The monoisotopic (exact) mass is 230 g/mol. The van der Waals surface area contributed by atoms with Crippen LogP contribution in [0, 0.1) is 0 Å². The summed E-state index contributed by atoms with van der Waals surface area (Å²) < 4.78 is 0. The molecule has 2 N–H and O–H groups in total. The lowest BCUT2D eigenvalue weighted by molar-refractivity contribution is 0.421. The normalized spacial score (nSPS) is 11.7. The van der Waals surface area contributed by atoms with Gasteiger partial charge in [-0.05, 0) is 39.0 Å². The highest BCUT2D eigenvalue weighted by Crippen LogP contribution is 2.16. The summed E-state index contributed by atoms with van der Waals surface area (Å²) in [7, 11) is 0. The predicted molar refractivity (Wildman–Crippen MR) is 68.4 cm³/mol. The Hall–Kier alpha value is -1.68. The van der Waals surface area contributed by atoms with Crippen LogP contribution >= 0.6 is 0 Å². The fourth-order valence-electron chi connectivity index (χ4n) is 1.47. The third-order valence-electron chi connectivity index (χ3n) is 2.40. The van der Waals surface area contributed by atoms with Crippen LogP contribution in [-0.4, -0.2) is 20.7 Å². The Kier molecular flexibility index (Phi) is 3.24. The van der Waals surface area contributed by atoms with Crippen LogP contribution in [0.15, 0.2) is 30.6 Å². The highest BCUT2D eigenvalue weighted by molar-refractivity contribution is 5.57. The highest BCUT2D eigenvalue weighted by Gasteiger charge is 2.10. The molecule has 4 heteroatoms. The fourth-order valence-corrected chi connectivity index (χ4v) is 1.47. The zero-order chi connectivity index (χ0) is 12.3. The van der Waals surface area contributed by atoms with E-state index >= 15 is 0 Å². The molecule has 0 saturated heterocycles. The molecule has 2 rings (SSSR count). The molecule has 2 aromatic rings. The molecule has 0 atom stereocenters. The van der Waals surface area contributed by atoms with Gasteiger partial charge in [0.2, 0.25) is 0 Å². The minimum Gasteiger partial charge on any atom is -0.306 e. The van der Waals surface area contributed by atoms with Crippen molar-refractivity contribution in [1.29, 1.82) is 0 Å². The van der Waals surface area contributed by atoms with Gasteiger partial charge in [0.25, 0.3) is 0 Å². The highest BCUT2D eigenvalue weighted by atomic mass is 15.1. The number of pyridine rings is 1. The van der Waals surface area contributed by atoms with Crippen LogP contribution in [0.25, 0.3) is 11.3 Å². The summed E-state index contributed by atoms with van der Waals surface area (Å²) >= 11 is 0. The van der Waals surface area contributed by atoms with E-state index < -0.39 is 0 Å². The van der Waals surface area contributed by atoms with Crippen molar-refractivity contribution in [1.82, 2.24) is 20.5 Å². The Morgan fingerprint density at radius 2 is 2.18 bits per heavy atom. The van der Waals surface area contributed by atoms with Gasteiger partial charge in [0.1, 0.15) is 0 Å². The van der Waals surface area contributed by atoms with Crippen molar-refractivity contribution < 1.29 is 0 Å². The van der Waals surface area contributed by atoms with E-state index in [1.165, 1.54) is 0 Å². The molecule has 0 aromatic carbocycles. The second-order valence-electron chi connectivity index (χ2n) is 5.12. The van der Waals surface area contributed by atoms with Crippen molar-refractivity contribution in [3.63, 3.8) is 0 Å². The summed E-state index contributed by atoms with van der Waals surface area (Å²) in [6.45, 7) is 7.22. The molecule has 0 unspecified atom stereocenters. The van der Waals surface area contributed by atoms with Gasteiger partial charge in [-0.2, -0.15) is 5.10 Å². The van der Waals surface area contributed by atoms with Crippen molar-refractivity contribution in [2.75, 3.05) is 0 Å². The van der Waals surface area contributed by atoms with E-state index in [2.05, 4.69) is 47.3 Å². The second-order valence-corrected chi connectivity index (χ2v) is 5.12. The van der Waals surface area contributed by atoms with Crippen LogP contribution in [0.1, 0.15) is 26.5 Å². The minimum absolute atomic E-state index is 0.111. The Balaban J connectivity index is 2.07. The number of hydrogen-bond acceptors (Lipinski definition) is 3. The van der Waals surface area contributed by atoms with E-state index in [0.717, 1.165) is 23.5 Å². The molecular formula is C13H18N4. The zero-order valence-corrected chi connectivity index (χ0v) is 10.5.